The molecule has 0 radical (unpaired) electrons. The summed E-state index contributed by atoms with van der Waals surface area (Å²) in [5, 5.41) is 10.6. The Hall–Kier alpha value is -2.83. The third-order valence-electron chi connectivity index (χ3n) is 4.23. The molecule has 0 aliphatic carbocycles. The van der Waals surface area contributed by atoms with Crippen LogP contribution in [-0.4, -0.2) is 27.4 Å². The van der Waals surface area contributed by atoms with E-state index >= 15 is 0 Å². The highest BCUT2D eigenvalue weighted by atomic mass is 16.6. The molecule has 7 nitrogen and oxygen atoms in total. The van der Waals surface area contributed by atoms with Crippen LogP contribution in [0.25, 0.3) is 0 Å². The van der Waals surface area contributed by atoms with E-state index in [1.165, 1.54) is 30.3 Å². The zero-order chi connectivity index (χ0) is 17.2. The Balaban J connectivity index is 2.36. The first-order valence-electron chi connectivity index (χ1n) is 7.22. The number of non-ortho nitro benzene ring substituents is 1. The van der Waals surface area contributed by atoms with Crippen LogP contribution in [0.2, 0.25) is 0 Å². The Kier molecular flexibility index (Phi) is 4.40. The lowest BCUT2D eigenvalue weighted by molar-refractivity contribution is -0.384. The molecule has 0 bridgehead atoms. The Morgan fingerprint density at radius 3 is 2.22 bits per heavy atom. The van der Waals surface area contributed by atoms with Gasteiger partial charge in [0.25, 0.3) is 11.6 Å². The first kappa shape index (κ1) is 16.5. The number of carbonyl (C=O) groups is 3. The van der Waals surface area contributed by atoms with E-state index in [1.54, 1.807) is 13.8 Å². The SMILES string of the molecule is CCC1(CC)C(=O)C=CN(C(=O)c2ccc([N+](=O)[O-])cc2)C1=O. The average Bonchev–Trinajstić information content (AvgIpc) is 2.56. The zero-order valence-electron chi connectivity index (χ0n) is 12.8. The average molecular weight is 316 g/mol. The smallest absolute Gasteiger partial charge is 0.269 e. The number of hydrogen-bond donors (Lipinski definition) is 0. The van der Waals surface area contributed by atoms with Gasteiger partial charge in [-0.25, -0.2) is 0 Å². The lowest BCUT2D eigenvalue weighted by Crippen LogP contribution is -2.50. The number of amides is 2. The fourth-order valence-electron chi connectivity index (χ4n) is 2.63. The molecule has 7 heteroatoms. The van der Waals surface area contributed by atoms with Gasteiger partial charge in [-0.2, -0.15) is 0 Å². The van der Waals surface area contributed by atoms with Crippen molar-refractivity contribution in [3.05, 3.63) is 52.2 Å². The molecule has 0 saturated carbocycles. The van der Waals surface area contributed by atoms with Gasteiger partial charge in [-0.1, -0.05) is 13.8 Å². The van der Waals surface area contributed by atoms with Gasteiger partial charge in [0.2, 0.25) is 5.91 Å². The predicted octanol–water partition coefficient (Wildman–Crippen LogP) is 2.47. The lowest BCUT2D eigenvalue weighted by Gasteiger charge is -2.34. The lowest BCUT2D eigenvalue weighted by atomic mass is 9.75. The summed E-state index contributed by atoms with van der Waals surface area (Å²) in [6, 6.07) is 4.97. The van der Waals surface area contributed by atoms with Crippen LogP contribution in [0.1, 0.15) is 37.0 Å². The topological polar surface area (TPSA) is 97.6 Å². The highest BCUT2D eigenvalue weighted by Crippen LogP contribution is 2.34. The van der Waals surface area contributed by atoms with E-state index in [1.807, 2.05) is 0 Å². The largest absolute Gasteiger partial charge is 0.294 e. The van der Waals surface area contributed by atoms with Gasteiger partial charge < -0.3 is 0 Å². The minimum Gasteiger partial charge on any atom is -0.294 e. The maximum Gasteiger partial charge on any atom is 0.269 e. The van der Waals surface area contributed by atoms with E-state index in [0.717, 1.165) is 11.1 Å². The molecule has 1 heterocycles. The molecule has 23 heavy (non-hydrogen) atoms. The third kappa shape index (κ3) is 2.65. The van der Waals surface area contributed by atoms with Gasteiger partial charge in [-0.15, -0.1) is 0 Å². The van der Waals surface area contributed by atoms with E-state index in [9.17, 15) is 24.5 Å². The van der Waals surface area contributed by atoms with Crippen LogP contribution >= 0.6 is 0 Å². The maximum absolute atomic E-state index is 12.6. The number of hydrogen-bond acceptors (Lipinski definition) is 5. The molecule has 0 fully saturated rings. The summed E-state index contributed by atoms with van der Waals surface area (Å²) in [4.78, 5) is 48.2. The Morgan fingerprint density at radius 1 is 1.17 bits per heavy atom. The molecule has 1 aromatic carbocycles. The Bertz CT molecular complexity index is 702. The van der Waals surface area contributed by atoms with Gasteiger partial charge >= 0.3 is 0 Å². The van der Waals surface area contributed by atoms with Crippen molar-refractivity contribution >= 4 is 23.3 Å². The number of nitro benzene ring substituents is 1. The maximum atomic E-state index is 12.6. The van der Waals surface area contributed by atoms with Crippen molar-refractivity contribution in [2.24, 2.45) is 5.41 Å². The standard InChI is InChI=1S/C16H16N2O5/c1-3-16(4-2)13(19)9-10-17(15(16)21)14(20)11-5-7-12(8-6-11)18(22)23/h5-10H,3-4H2,1-2H3. The fraction of sp³-hybridized carbons (Fsp3) is 0.312. The number of nitro groups is 1. The molecule has 2 amide bonds. The third-order valence-corrected chi connectivity index (χ3v) is 4.23. The Morgan fingerprint density at radius 2 is 1.74 bits per heavy atom. The second kappa shape index (κ2) is 6.12. The molecule has 1 aliphatic heterocycles. The first-order chi connectivity index (χ1) is 10.9. The van der Waals surface area contributed by atoms with E-state index < -0.39 is 22.2 Å². The first-order valence-corrected chi connectivity index (χ1v) is 7.22. The quantitative estimate of drug-likeness (QED) is 0.368. The van der Waals surface area contributed by atoms with Gasteiger partial charge in [0.1, 0.15) is 5.41 Å². The van der Waals surface area contributed by atoms with Gasteiger partial charge in [-0.05, 0) is 31.1 Å². The molecule has 1 aromatic rings. The summed E-state index contributed by atoms with van der Waals surface area (Å²) < 4.78 is 0. The summed E-state index contributed by atoms with van der Waals surface area (Å²) in [7, 11) is 0. The summed E-state index contributed by atoms with van der Waals surface area (Å²) >= 11 is 0. The van der Waals surface area contributed by atoms with Crippen LogP contribution in [0.3, 0.4) is 0 Å². The number of nitrogens with zero attached hydrogens (tertiary/aromatic N) is 2. The van der Waals surface area contributed by atoms with E-state index in [-0.39, 0.29) is 17.0 Å². The van der Waals surface area contributed by atoms with Crippen LogP contribution < -0.4 is 0 Å². The number of carbonyl (C=O) groups excluding carboxylic acids is 3. The van der Waals surface area contributed by atoms with Crippen molar-refractivity contribution in [3.63, 3.8) is 0 Å². The van der Waals surface area contributed by atoms with Crippen LogP contribution in [0.15, 0.2) is 36.5 Å². The molecule has 0 saturated heterocycles. The summed E-state index contributed by atoms with van der Waals surface area (Å²) in [5.74, 6) is -1.47. The second-order valence-corrected chi connectivity index (χ2v) is 5.25. The van der Waals surface area contributed by atoms with Gasteiger partial charge in [0.15, 0.2) is 5.78 Å². The number of allylic oxidation sites excluding steroid dienone is 1. The fourth-order valence-corrected chi connectivity index (χ4v) is 2.63. The molecule has 2 rings (SSSR count). The predicted molar refractivity (Wildman–Crippen MR) is 81.4 cm³/mol. The minimum absolute atomic E-state index is 0.143. The zero-order valence-corrected chi connectivity index (χ0v) is 12.8. The van der Waals surface area contributed by atoms with E-state index in [0.29, 0.717) is 12.8 Å². The number of imide groups is 1. The molecular formula is C16H16N2O5. The van der Waals surface area contributed by atoms with Crippen molar-refractivity contribution in [2.75, 3.05) is 0 Å². The molecule has 1 aliphatic rings. The van der Waals surface area contributed by atoms with E-state index in [4.69, 9.17) is 0 Å². The highest BCUT2D eigenvalue weighted by Gasteiger charge is 2.47. The highest BCUT2D eigenvalue weighted by molar-refractivity contribution is 6.19. The van der Waals surface area contributed by atoms with Crippen LogP contribution in [0.5, 0.6) is 0 Å². The van der Waals surface area contributed by atoms with Gasteiger partial charge in [0, 0.05) is 23.9 Å². The molecule has 0 atom stereocenters. The van der Waals surface area contributed by atoms with Crippen LogP contribution in [0.4, 0.5) is 5.69 Å². The molecule has 0 N–H and O–H groups in total. The van der Waals surface area contributed by atoms with E-state index in [2.05, 4.69) is 0 Å². The van der Waals surface area contributed by atoms with Crippen molar-refractivity contribution < 1.29 is 19.3 Å². The van der Waals surface area contributed by atoms with Crippen LogP contribution in [-0.2, 0) is 9.59 Å². The van der Waals surface area contributed by atoms with Crippen molar-refractivity contribution in [1.82, 2.24) is 4.90 Å². The number of rotatable bonds is 4. The van der Waals surface area contributed by atoms with Crippen LogP contribution in [0, 0.1) is 15.5 Å². The minimum atomic E-state index is -1.22. The second-order valence-electron chi connectivity index (χ2n) is 5.25. The Labute approximate surface area is 132 Å². The molecule has 0 spiro atoms. The molecule has 120 valence electrons. The molecular weight excluding hydrogens is 300 g/mol. The van der Waals surface area contributed by atoms with Crippen molar-refractivity contribution in [2.45, 2.75) is 26.7 Å². The van der Waals surface area contributed by atoms with Crippen molar-refractivity contribution in [1.29, 1.82) is 0 Å². The summed E-state index contributed by atoms with van der Waals surface area (Å²) in [6.45, 7) is 3.46. The van der Waals surface area contributed by atoms with Gasteiger partial charge in [0.05, 0.1) is 4.92 Å². The van der Waals surface area contributed by atoms with Gasteiger partial charge in [-0.3, -0.25) is 29.4 Å². The number of ketones is 1. The summed E-state index contributed by atoms with van der Waals surface area (Å²) in [6.07, 6.45) is 3.00. The summed E-state index contributed by atoms with van der Waals surface area (Å²) in [5.41, 5.74) is -1.22. The normalized spacial score (nSPS) is 16.5. The molecule has 0 unspecified atom stereocenters. The monoisotopic (exact) mass is 316 g/mol. The van der Waals surface area contributed by atoms with Crippen molar-refractivity contribution in [3.8, 4) is 0 Å². The molecule has 0 aromatic heterocycles. The number of benzene rings is 1.